The molecule has 1 aromatic heterocycles. The van der Waals surface area contributed by atoms with Gasteiger partial charge in [-0.1, -0.05) is 50.9 Å². The summed E-state index contributed by atoms with van der Waals surface area (Å²) in [5, 5.41) is 15.3. The molecule has 0 radical (unpaired) electrons. The molecule has 6 heteroatoms. The number of nitrogens with one attached hydrogen (secondary N) is 2. The molecule has 0 unspecified atom stereocenters. The second-order valence-electron chi connectivity index (χ2n) is 5.92. The number of carbonyl (C=O) groups is 1. The van der Waals surface area contributed by atoms with Gasteiger partial charge in [-0.3, -0.25) is 5.32 Å². The van der Waals surface area contributed by atoms with Gasteiger partial charge in [0.2, 0.25) is 5.13 Å². The summed E-state index contributed by atoms with van der Waals surface area (Å²) < 4.78 is 0. The molecule has 2 N–H and O–H groups in total. The van der Waals surface area contributed by atoms with Crippen molar-refractivity contribution >= 4 is 22.5 Å². The molecule has 5 nitrogen and oxygen atoms in total. The molecule has 0 bridgehead atoms. The maximum atomic E-state index is 11.7. The first kappa shape index (κ1) is 15.2. The highest BCUT2D eigenvalue weighted by molar-refractivity contribution is 7.15. The predicted octanol–water partition coefficient (Wildman–Crippen LogP) is 3.44. The van der Waals surface area contributed by atoms with Crippen LogP contribution >= 0.6 is 11.3 Å². The molecule has 112 valence electrons. The van der Waals surface area contributed by atoms with Crippen molar-refractivity contribution in [2.45, 2.75) is 52.4 Å². The molecule has 0 aromatic carbocycles. The van der Waals surface area contributed by atoms with Crippen molar-refractivity contribution in [2.24, 2.45) is 11.8 Å². The molecule has 1 saturated carbocycles. The first-order valence-corrected chi connectivity index (χ1v) is 8.32. The van der Waals surface area contributed by atoms with E-state index in [0.29, 0.717) is 11.0 Å². The van der Waals surface area contributed by atoms with E-state index < -0.39 is 0 Å². The molecule has 1 fully saturated rings. The third-order valence-corrected chi connectivity index (χ3v) is 4.44. The monoisotopic (exact) mass is 296 g/mol. The zero-order valence-electron chi connectivity index (χ0n) is 12.3. The Hall–Kier alpha value is -1.17. The Labute approximate surface area is 124 Å². The fourth-order valence-corrected chi connectivity index (χ4v) is 3.51. The molecule has 0 aliphatic heterocycles. The molecule has 2 rings (SSSR count). The summed E-state index contributed by atoms with van der Waals surface area (Å²) in [4.78, 5) is 11.7. The second kappa shape index (κ2) is 7.57. The van der Waals surface area contributed by atoms with Crippen LogP contribution in [0, 0.1) is 11.8 Å². The third-order valence-electron chi connectivity index (χ3n) is 3.58. The number of amides is 2. The molecule has 1 aromatic rings. The quantitative estimate of drug-likeness (QED) is 0.845. The van der Waals surface area contributed by atoms with Gasteiger partial charge in [0.25, 0.3) is 0 Å². The minimum absolute atomic E-state index is 0.171. The van der Waals surface area contributed by atoms with Gasteiger partial charge in [-0.15, -0.1) is 10.2 Å². The van der Waals surface area contributed by atoms with Crippen LogP contribution in [0.2, 0.25) is 0 Å². The Morgan fingerprint density at radius 2 is 2.10 bits per heavy atom. The van der Waals surface area contributed by atoms with Gasteiger partial charge in [0, 0.05) is 13.0 Å². The molecule has 1 aliphatic carbocycles. The molecule has 0 saturated heterocycles. The summed E-state index contributed by atoms with van der Waals surface area (Å²) in [6.07, 6.45) is 7.32. The number of hydrogen-bond donors (Lipinski definition) is 2. The molecular formula is C14H24N4OS. The van der Waals surface area contributed by atoms with Crippen LogP contribution in [0.1, 0.15) is 51.0 Å². The van der Waals surface area contributed by atoms with Crippen molar-refractivity contribution in [3.63, 3.8) is 0 Å². The molecular weight excluding hydrogens is 272 g/mol. The van der Waals surface area contributed by atoms with Crippen LogP contribution < -0.4 is 10.6 Å². The van der Waals surface area contributed by atoms with Crippen molar-refractivity contribution in [1.82, 2.24) is 15.5 Å². The van der Waals surface area contributed by atoms with Gasteiger partial charge in [0.05, 0.1) is 0 Å². The molecule has 0 spiro atoms. The number of anilines is 1. The third kappa shape index (κ3) is 5.07. The summed E-state index contributed by atoms with van der Waals surface area (Å²) in [5.74, 6) is 1.35. The number of hydrogen-bond acceptors (Lipinski definition) is 4. The van der Waals surface area contributed by atoms with Crippen LogP contribution in [-0.2, 0) is 6.42 Å². The van der Waals surface area contributed by atoms with Gasteiger partial charge < -0.3 is 5.32 Å². The lowest BCUT2D eigenvalue weighted by molar-refractivity contribution is 0.251. The average Bonchev–Trinajstić information content (AvgIpc) is 3.00. The van der Waals surface area contributed by atoms with E-state index in [-0.39, 0.29) is 6.03 Å². The lowest BCUT2D eigenvalue weighted by Crippen LogP contribution is -2.30. The zero-order valence-corrected chi connectivity index (χ0v) is 13.1. The standard InChI is InChI=1S/C14H24N4OS/c1-10(2)9-12-17-18-14(20-12)16-13(19)15-8-7-11-5-3-4-6-11/h10-11H,3-9H2,1-2H3,(H2,15,16,18,19). The lowest BCUT2D eigenvalue weighted by atomic mass is 10.0. The van der Waals surface area contributed by atoms with Gasteiger partial charge in [0.15, 0.2) is 0 Å². The predicted molar refractivity (Wildman–Crippen MR) is 82.0 cm³/mol. The summed E-state index contributed by atoms with van der Waals surface area (Å²) in [6, 6.07) is -0.171. The Balaban J connectivity index is 1.66. The number of aromatic nitrogens is 2. The number of nitrogens with zero attached hydrogens (tertiary/aromatic N) is 2. The Morgan fingerprint density at radius 1 is 1.35 bits per heavy atom. The summed E-state index contributed by atoms with van der Waals surface area (Å²) in [5.41, 5.74) is 0. The average molecular weight is 296 g/mol. The van der Waals surface area contributed by atoms with E-state index >= 15 is 0 Å². The van der Waals surface area contributed by atoms with E-state index in [1.54, 1.807) is 0 Å². The maximum Gasteiger partial charge on any atom is 0.321 e. The van der Waals surface area contributed by atoms with E-state index in [9.17, 15) is 4.79 Å². The summed E-state index contributed by atoms with van der Waals surface area (Å²) >= 11 is 1.45. The van der Waals surface area contributed by atoms with Crippen molar-refractivity contribution < 1.29 is 4.79 Å². The Kier molecular flexibility index (Phi) is 5.76. The highest BCUT2D eigenvalue weighted by Gasteiger charge is 2.15. The lowest BCUT2D eigenvalue weighted by Gasteiger charge is -2.09. The zero-order chi connectivity index (χ0) is 14.4. The van der Waals surface area contributed by atoms with Gasteiger partial charge in [-0.05, 0) is 18.3 Å². The number of rotatable bonds is 6. The van der Waals surface area contributed by atoms with Crippen molar-refractivity contribution in [2.75, 3.05) is 11.9 Å². The van der Waals surface area contributed by atoms with Crippen LogP contribution in [0.3, 0.4) is 0 Å². The van der Waals surface area contributed by atoms with Gasteiger partial charge in [-0.2, -0.15) is 0 Å². The molecule has 20 heavy (non-hydrogen) atoms. The topological polar surface area (TPSA) is 66.9 Å². The van der Waals surface area contributed by atoms with E-state index in [0.717, 1.165) is 30.3 Å². The number of urea groups is 1. The Morgan fingerprint density at radius 3 is 2.80 bits per heavy atom. The Bertz CT molecular complexity index is 427. The van der Waals surface area contributed by atoms with E-state index in [4.69, 9.17) is 0 Å². The van der Waals surface area contributed by atoms with E-state index in [1.165, 1.54) is 37.0 Å². The minimum Gasteiger partial charge on any atom is -0.338 e. The van der Waals surface area contributed by atoms with Crippen LogP contribution in [0.25, 0.3) is 0 Å². The SMILES string of the molecule is CC(C)Cc1nnc(NC(=O)NCCC2CCCC2)s1. The number of carbonyl (C=O) groups excluding carboxylic acids is 1. The molecule has 1 heterocycles. The van der Waals surface area contributed by atoms with Crippen molar-refractivity contribution in [3.8, 4) is 0 Å². The van der Waals surface area contributed by atoms with Gasteiger partial charge in [-0.25, -0.2) is 4.79 Å². The first-order chi connectivity index (χ1) is 9.63. The minimum atomic E-state index is -0.171. The summed E-state index contributed by atoms with van der Waals surface area (Å²) in [7, 11) is 0. The van der Waals surface area contributed by atoms with Gasteiger partial charge >= 0.3 is 6.03 Å². The van der Waals surface area contributed by atoms with E-state index in [2.05, 4.69) is 34.7 Å². The molecule has 0 atom stereocenters. The molecule has 2 amide bonds. The highest BCUT2D eigenvalue weighted by atomic mass is 32.1. The van der Waals surface area contributed by atoms with E-state index in [1.807, 2.05) is 0 Å². The van der Waals surface area contributed by atoms with Crippen LogP contribution in [0.4, 0.5) is 9.93 Å². The normalized spacial score (nSPS) is 15.8. The van der Waals surface area contributed by atoms with Crippen LogP contribution in [0.15, 0.2) is 0 Å². The second-order valence-corrected chi connectivity index (χ2v) is 6.98. The molecule has 1 aliphatic rings. The first-order valence-electron chi connectivity index (χ1n) is 7.50. The van der Waals surface area contributed by atoms with Crippen molar-refractivity contribution in [3.05, 3.63) is 5.01 Å². The fourth-order valence-electron chi connectivity index (χ4n) is 2.57. The maximum absolute atomic E-state index is 11.7. The smallest absolute Gasteiger partial charge is 0.321 e. The van der Waals surface area contributed by atoms with Crippen LogP contribution in [0.5, 0.6) is 0 Å². The largest absolute Gasteiger partial charge is 0.338 e. The van der Waals surface area contributed by atoms with Crippen molar-refractivity contribution in [1.29, 1.82) is 0 Å². The van der Waals surface area contributed by atoms with Crippen LogP contribution in [-0.4, -0.2) is 22.8 Å². The fraction of sp³-hybridized carbons (Fsp3) is 0.786. The van der Waals surface area contributed by atoms with Gasteiger partial charge in [0.1, 0.15) is 5.01 Å². The highest BCUT2D eigenvalue weighted by Crippen LogP contribution is 2.26. The summed E-state index contributed by atoms with van der Waals surface area (Å²) in [6.45, 7) is 5.03.